The predicted octanol–water partition coefficient (Wildman–Crippen LogP) is 2.05. The summed E-state index contributed by atoms with van der Waals surface area (Å²) in [7, 11) is 0. The topological polar surface area (TPSA) is 36.4 Å². The Balaban J connectivity index is 1.82. The third kappa shape index (κ3) is 1.64. The van der Waals surface area contributed by atoms with Crippen LogP contribution in [-0.2, 0) is 0 Å². The van der Waals surface area contributed by atoms with Crippen LogP contribution >= 0.6 is 15.9 Å². The summed E-state index contributed by atoms with van der Waals surface area (Å²) in [5, 5.41) is 9.87. The lowest BCUT2D eigenvalue weighted by Crippen LogP contribution is -2.25. The number of aliphatic hydroxyl groups excluding tert-OH is 1. The first-order valence-electron chi connectivity index (χ1n) is 5.79. The van der Waals surface area contributed by atoms with Crippen LogP contribution in [0.4, 0.5) is 5.82 Å². The maximum atomic E-state index is 9.87. The summed E-state index contributed by atoms with van der Waals surface area (Å²) in [4.78, 5) is 6.70. The number of nitrogens with zero attached hydrogens (tertiary/aromatic N) is 2. The van der Waals surface area contributed by atoms with Gasteiger partial charge in [-0.2, -0.15) is 0 Å². The minimum Gasteiger partial charge on any atom is -0.393 e. The molecule has 1 aliphatic carbocycles. The minimum atomic E-state index is -0.0995. The molecule has 86 valence electrons. The van der Waals surface area contributed by atoms with Crippen molar-refractivity contribution in [3.05, 3.63) is 22.8 Å². The molecule has 1 aromatic heterocycles. The molecule has 3 unspecified atom stereocenters. The van der Waals surface area contributed by atoms with Crippen LogP contribution in [0.1, 0.15) is 12.8 Å². The Bertz CT molecular complexity index is 398. The molecular formula is C12H15BrN2O. The lowest BCUT2D eigenvalue weighted by Gasteiger charge is -2.20. The molecule has 16 heavy (non-hydrogen) atoms. The van der Waals surface area contributed by atoms with Crippen LogP contribution in [-0.4, -0.2) is 29.3 Å². The van der Waals surface area contributed by atoms with E-state index in [1.54, 1.807) is 0 Å². The summed E-state index contributed by atoms with van der Waals surface area (Å²) >= 11 is 3.53. The Hall–Kier alpha value is -0.610. The molecule has 1 N–H and O–H groups in total. The van der Waals surface area contributed by atoms with Gasteiger partial charge in [0.2, 0.25) is 0 Å². The number of anilines is 1. The van der Waals surface area contributed by atoms with Gasteiger partial charge in [-0.15, -0.1) is 0 Å². The highest BCUT2D eigenvalue weighted by Gasteiger charge is 2.42. The molecule has 0 aromatic carbocycles. The molecule has 0 bridgehead atoms. The summed E-state index contributed by atoms with van der Waals surface area (Å²) in [5.74, 6) is 2.13. The van der Waals surface area contributed by atoms with Crippen LogP contribution in [0.2, 0.25) is 0 Å². The van der Waals surface area contributed by atoms with Crippen molar-refractivity contribution in [2.24, 2.45) is 11.8 Å². The molecule has 2 aliphatic rings. The fourth-order valence-corrected chi connectivity index (χ4v) is 3.53. The molecule has 0 amide bonds. The first kappa shape index (κ1) is 10.5. The van der Waals surface area contributed by atoms with Crippen molar-refractivity contribution in [3.8, 4) is 0 Å². The van der Waals surface area contributed by atoms with Gasteiger partial charge in [0.1, 0.15) is 5.82 Å². The van der Waals surface area contributed by atoms with Crippen molar-refractivity contribution >= 4 is 21.7 Å². The molecule has 1 saturated heterocycles. The number of pyridine rings is 1. The van der Waals surface area contributed by atoms with Gasteiger partial charge in [0.25, 0.3) is 0 Å². The molecule has 0 spiro atoms. The molecule has 2 fully saturated rings. The standard InChI is InChI=1S/C12H15BrN2O/c13-10-2-1-5-14-12(10)15-6-8-3-4-11(16)9(8)7-15/h1-2,5,8-9,11,16H,3-4,6-7H2. The molecule has 2 heterocycles. The number of aliphatic hydroxyl groups is 1. The fraction of sp³-hybridized carbons (Fsp3) is 0.583. The predicted molar refractivity (Wildman–Crippen MR) is 66.4 cm³/mol. The van der Waals surface area contributed by atoms with Crippen LogP contribution < -0.4 is 4.90 Å². The van der Waals surface area contributed by atoms with Gasteiger partial charge >= 0.3 is 0 Å². The normalized spacial score (nSPS) is 33.1. The quantitative estimate of drug-likeness (QED) is 0.857. The van der Waals surface area contributed by atoms with Gasteiger partial charge in [0.05, 0.1) is 10.6 Å². The molecular weight excluding hydrogens is 268 g/mol. The maximum Gasteiger partial charge on any atom is 0.142 e. The average molecular weight is 283 g/mol. The van der Waals surface area contributed by atoms with E-state index in [-0.39, 0.29) is 6.10 Å². The maximum absolute atomic E-state index is 9.87. The summed E-state index contributed by atoms with van der Waals surface area (Å²) in [5.41, 5.74) is 0. The van der Waals surface area contributed by atoms with E-state index in [2.05, 4.69) is 25.8 Å². The van der Waals surface area contributed by atoms with Crippen molar-refractivity contribution < 1.29 is 5.11 Å². The average Bonchev–Trinajstić information content (AvgIpc) is 2.82. The van der Waals surface area contributed by atoms with E-state index in [0.29, 0.717) is 11.8 Å². The number of fused-ring (bicyclic) bond motifs is 1. The van der Waals surface area contributed by atoms with Gasteiger partial charge < -0.3 is 10.0 Å². The third-order valence-corrected chi connectivity index (χ3v) is 4.48. The summed E-state index contributed by atoms with van der Waals surface area (Å²) in [6.45, 7) is 1.98. The summed E-state index contributed by atoms with van der Waals surface area (Å²) < 4.78 is 1.05. The minimum absolute atomic E-state index is 0.0995. The SMILES string of the molecule is OC1CCC2CN(c3ncccc3Br)CC12. The molecule has 4 heteroatoms. The van der Waals surface area contributed by atoms with Gasteiger partial charge in [-0.25, -0.2) is 4.98 Å². The second-order valence-corrected chi connectivity index (χ2v) is 5.64. The lowest BCUT2D eigenvalue weighted by molar-refractivity contribution is 0.133. The van der Waals surface area contributed by atoms with Crippen LogP contribution in [0.3, 0.4) is 0 Å². The lowest BCUT2D eigenvalue weighted by atomic mass is 10.00. The van der Waals surface area contributed by atoms with Crippen LogP contribution in [0.5, 0.6) is 0 Å². The van der Waals surface area contributed by atoms with Crippen LogP contribution in [0.15, 0.2) is 22.8 Å². The van der Waals surface area contributed by atoms with Crippen molar-refractivity contribution in [3.63, 3.8) is 0 Å². The first-order chi connectivity index (χ1) is 7.75. The zero-order valence-electron chi connectivity index (χ0n) is 9.01. The number of hydrogen-bond donors (Lipinski definition) is 1. The molecule has 3 nitrogen and oxygen atoms in total. The van der Waals surface area contributed by atoms with Gasteiger partial charge in [0, 0.05) is 25.2 Å². The van der Waals surface area contributed by atoms with E-state index < -0.39 is 0 Å². The zero-order valence-corrected chi connectivity index (χ0v) is 10.6. The molecule has 3 rings (SSSR count). The Labute approximate surface area is 104 Å². The third-order valence-electron chi connectivity index (χ3n) is 3.86. The molecule has 0 radical (unpaired) electrons. The number of halogens is 1. The monoisotopic (exact) mass is 282 g/mol. The Morgan fingerprint density at radius 1 is 1.38 bits per heavy atom. The van der Waals surface area contributed by atoms with Crippen molar-refractivity contribution in [2.75, 3.05) is 18.0 Å². The molecule has 1 aliphatic heterocycles. The van der Waals surface area contributed by atoms with Crippen LogP contribution in [0.25, 0.3) is 0 Å². The number of aromatic nitrogens is 1. The van der Waals surface area contributed by atoms with E-state index in [1.165, 1.54) is 0 Å². The van der Waals surface area contributed by atoms with Gasteiger partial charge in [-0.1, -0.05) is 0 Å². The van der Waals surface area contributed by atoms with Crippen molar-refractivity contribution in [1.29, 1.82) is 0 Å². The second kappa shape index (κ2) is 4.00. The van der Waals surface area contributed by atoms with E-state index in [4.69, 9.17) is 0 Å². The Morgan fingerprint density at radius 2 is 2.25 bits per heavy atom. The van der Waals surface area contributed by atoms with Crippen molar-refractivity contribution in [1.82, 2.24) is 4.98 Å². The highest BCUT2D eigenvalue weighted by Crippen LogP contribution is 2.40. The smallest absolute Gasteiger partial charge is 0.142 e. The van der Waals surface area contributed by atoms with Gasteiger partial charge in [0.15, 0.2) is 0 Å². The van der Waals surface area contributed by atoms with Crippen molar-refractivity contribution in [2.45, 2.75) is 18.9 Å². The molecule has 3 atom stereocenters. The largest absolute Gasteiger partial charge is 0.393 e. The van der Waals surface area contributed by atoms with Gasteiger partial charge in [-0.05, 0) is 46.8 Å². The molecule has 1 aromatic rings. The molecule has 1 saturated carbocycles. The van der Waals surface area contributed by atoms with Gasteiger partial charge in [-0.3, -0.25) is 0 Å². The Morgan fingerprint density at radius 3 is 3.00 bits per heavy atom. The first-order valence-corrected chi connectivity index (χ1v) is 6.58. The second-order valence-electron chi connectivity index (χ2n) is 4.78. The number of hydrogen-bond acceptors (Lipinski definition) is 3. The van der Waals surface area contributed by atoms with E-state index in [1.807, 2.05) is 18.3 Å². The number of rotatable bonds is 1. The fourth-order valence-electron chi connectivity index (χ4n) is 3.02. The van der Waals surface area contributed by atoms with E-state index >= 15 is 0 Å². The van der Waals surface area contributed by atoms with Crippen LogP contribution in [0, 0.1) is 11.8 Å². The zero-order chi connectivity index (χ0) is 11.1. The van der Waals surface area contributed by atoms with E-state index in [0.717, 1.165) is 36.2 Å². The highest BCUT2D eigenvalue weighted by molar-refractivity contribution is 9.10. The summed E-state index contributed by atoms with van der Waals surface area (Å²) in [6.07, 6.45) is 3.86. The van der Waals surface area contributed by atoms with E-state index in [9.17, 15) is 5.11 Å². The summed E-state index contributed by atoms with van der Waals surface area (Å²) in [6, 6.07) is 3.95. The Kier molecular flexibility index (Phi) is 2.64. The highest BCUT2D eigenvalue weighted by atomic mass is 79.9.